The summed E-state index contributed by atoms with van der Waals surface area (Å²) in [7, 11) is 0. The Hall–Kier alpha value is -1.34. The van der Waals surface area contributed by atoms with Crippen molar-refractivity contribution in [2.24, 2.45) is 11.7 Å². The fraction of sp³-hybridized carbons (Fsp3) is 0.444. The first-order valence-electron chi connectivity index (χ1n) is 7.49. The molecule has 1 aliphatic rings. The molecular weight excluding hydrogens is 230 g/mol. The average Bonchev–Trinajstić information content (AvgIpc) is 2.91. The van der Waals surface area contributed by atoms with Gasteiger partial charge in [-0.1, -0.05) is 62.1 Å². The van der Waals surface area contributed by atoms with E-state index >= 15 is 0 Å². The van der Waals surface area contributed by atoms with E-state index in [-0.39, 0.29) is 6.04 Å². The maximum atomic E-state index is 6.54. The van der Waals surface area contributed by atoms with E-state index in [4.69, 9.17) is 5.73 Å². The highest BCUT2D eigenvalue weighted by Gasteiger charge is 2.21. The van der Waals surface area contributed by atoms with Gasteiger partial charge in [0.15, 0.2) is 0 Å². The molecule has 0 heterocycles. The summed E-state index contributed by atoms with van der Waals surface area (Å²) in [5, 5.41) is 2.65. The minimum atomic E-state index is 0.189. The van der Waals surface area contributed by atoms with E-state index in [1.807, 2.05) is 0 Å². The van der Waals surface area contributed by atoms with E-state index in [1.54, 1.807) is 0 Å². The Morgan fingerprint density at radius 1 is 1.11 bits per heavy atom. The lowest BCUT2D eigenvalue weighted by molar-refractivity contribution is 0.451. The van der Waals surface area contributed by atoms with Gasteiger partial charge in [-0.2, -0.15) is 0 Å². The lowest BCUT2D eigenvalue weighted by atomic mass is 9.88. The Morgan fingerprint density at radius 2 is 1.84 bits per heavy atom. The summed E-state index contributed by atoms with van der Waals surface area (Å²) in [6.07, 6.45) is 6.68. The molecule has 1 saturated carbocycles. The molecule has 1 nitrogen and oxygen atoms in total. The van der Waals surface area contributed by atoms with Crippen molar-refractivity contribution in [3.63, 3.8) is 0 Å². The second kappa shape index (κ2) is 5.34. The van der Waals surface area contributed by atoms with E-state index in [9.17, 15) is 0 Å². The summed E-state index contributed by atoms with van der Waals surface area (Å²) in [4.78, 5) is 0. The van der Waals surface area contributed by atoms with Crippen molar-refractivity contribution in [1.29, 1.82) is 0 Å². The van der Waals surface area contributed by atoms with Gasteiger partial charge in [-0.3, -0.25) is 0 Å². The van der Waals surface area contributed by atoms with E-state index in [0.717, 1.165) is 12.3 Å². The lowest BCUT2D eigenvalue weighted by Crippen LogP contribution is -2.15. The zero-order chi connectivity index (χ0) is 13.2. The summed E-state index contributed by atoms with van der Waals surface area (Å²) in [6.45, 7) is 2.19. The molecule has 1 atom stereocenters. The normalized spacial score (nSPS) is 18.0. The van der Waals surface area contributed by atoms with Crippen LogP contribution in [0, 0.1) is 12.8 Å². The smallest absolute Gasteiger partial charge is 0.0306 e. The zero-order valence-electron chi connectivity index (χ0n) is 11.7. The first-order valence-corrected chi connectivity index (χ1v) is 7.49. The molecule has 0 saturated heterocycles. The number of hydrogen-bond acceptors (Lipinski definition) is 1. The number of aryl methyl sites for hydroxylation is 1. The number of fused-ring (bicyclic) bond motifs is 1. The van der Waals surface area contributed by atoms with Crippen LogP contribution in [0.2, 0.25) is 0 Å². The van der Waals surface area contributed by atoms with Gasteiger partial charge in [-0.15, -0.1) is 0 Å². The second-order valence-electron chi connectivity index (χ2n) is 6.01. The standard InChI is InChI=1S/C18H23N/c1-13-10-11-15-8-4-5-9-16(15)18(13)17(19)12-14-6-2-3-7-14/h4-5,8-11,14,17H,2-3,6-7,12,19H2,1H3. The van der Waals surface area contributed by atoms with E-state index in [2.05, 4.69) is 43.3 Å². The van der Waals surface area contributed by atoms with Gasteiger partial charge in [0.1, 0.15) is 0 Å². The number of rotatable bonds is 3. The molecular formula is C18H23N. The Labute approximate surface area is 115 Å². The summed E-state index contributed by atoms with van der Waals surface area (Å²) in [5.41, 5.74) is 9.24. The van der Waals surface area contributed by atoms with Gasteiger partial charge >= 0.3 is 0 Å². The molecule has 1 unspecified atom stereocenters. The molecule has 1 aliphatic carbocycles. The molecule has 0 bridgehead atoms. The molecule has 2 N–H and O–H groups in total. The van der Waals surface area contributed by atoms with E-state index in [0.29, 0.717) is 0 Å². The molecule has 19 heavy (non-hydrogen) atoms. The maximum Gasteiger partial charge on any atom is 0.0306 e. The average molecular weight is 253 g/mol. The summed E-state index contributed by atoms with van der Waals surface area (Å²) < 4.78 is 0. The third-order valence-corrected chi connectivity index (χ3v) is 4.62. The monoisotopic (exact) mass is 253 g/mol. The Balaban J connectivity index is 1.95. The van der Waals surface area contributed by atoms with Crippen molar-refractivity contribution >= 4 is 10.8 Å². The molecule has 3 rings (SSSR count). The van der Waals surface area contributed by atoms with Crippen molar-refractivity contribution in [2.75, 3.05) is 0 Å². The molecule has 0 spiro atoms. The quantitative estimate of drug-likeness (QED) is 0.841. The molecule has 0 aromatic heterocycles. The van der Waals surface area contributed by atoms with E-state index in [1.165, 1.54) is 47.6 Å². The molecule has 1 heteroatoms. The van der Waals surface area contributed by atoms with Crippen LogP contribution in [0.4, 0.5) is 0 Å². The number of benzene rings is 2. The van der Waals surface area contributed by atoms with Gasteiger partial charge in [-0.25, -0.2) is 0 Å². The highest BCUT2D eigenvalue weighted by molar-refractivity contribution is 5.87. The van der Waals surface area contributed by atoms with Gasteiger partial charge in [0, 0.05) is 6.04 Å². The number of hydrogen-bond donors (Lipinski definition) is 1. The largest absolute Gasteiger partial charge is 0.324 e. The van der Waals surface area contributed by atoms with Crippen molar-refractivity contribution in [2.45, 2.75) is 45.1 Å². The Morgan fingerprint density at radius 3 is 2.63 bits per heavy atom. The molecule has 2 aromatic carbocycles. The summed E-state index contributed by atoms with van der Waals surface area (Å²) in [6, 6.07) is 13.2. The minimum absolute atomic E-state index is 0.189. The van der Waals surface area contributed by atoms with Crippen LogP contribution in [0.15, 0.2) is 36.4 Å². The zero-order valence-corrected chi connectivity index (χ0v) is 11.7. The first kappa shape index (κ1) is 12.7. The van der Waals surface area contributed by atoms with Crippen LogP contribution in [0.5, 0.6) is 0 Å². The predicted molar refractivity (Wildman–Crippen MR) is 82.2 cm³/mol. The highest BCUT2D eigenvalue weighted by Crippen LogP contribution is 2.35. The van der Waals surface area contributed by atoms with Crippen molar-refractivity contribution in [1.82, 2.24) is 0 Å². The highest BCUT2D eigenvalue weighted by atomic mass is 14.6. The van der Waals surface area contributed by atoms with Gasteiger partial charge in [-0.05, 0) is 41.2 Å². The second-order valence-corrected chi connectivity index (χ2v) is 6.01. The number of nitrogens with two attached hydrogens (primary N) is 1. The van der Waals surface area contributed by atoms with Crippen molar-refractivity contribution in [3.05, 3.63) is 47.5 Å². The van der Waals surface area contributed by atoms with E-state index < -0.39 is 0 Å². The molecule has 0 aliphatic heterocycles. The predicted octanol–water partition coefficient (Wildman–Crippen LogP) is 4.73. The third kappa shape index (κ3) is 2.52. The molecule has 2 aromatic rings. The lowest BCUT2D eigenvalue weighted by Gasteiger charge is -2.20. The summed E-state index contributed by atoms with van der Waals surface area (Å²) in [5.74, 6) is 0.841. The van der Waals surface area contributed by atoms with Gasteiger partial charge < -0.3 is 5.73 Å². The molecule has 1 fully saturated rings. The summed E-state index contributed by atoms with van der Waals surface area (Å²) >= 11 is 0. The SMILES string of the molecule is Cc1ccc2ccccc2c1C(N)CC1CCCC1. The third-order valence-electron chi connectivity index (χ3n) is 4.62. The van der Waals surface area contributed by atoms with Crippen LogP contribution in [-0.2, 0) is 0 Å². The fourth-order valence-electron chi connectivity index (χ4n) is 3.62. The molecule has 100 valence electrons. The molecule has 0 radical (unpaired) electrons. The van der Waals surface area contributed by atoms with Crippen LogP contribution in [-0.4, -0.2) is 0 Å². The van der Waals surface area contributed by atoms with Crippen molar-refractivity contribution < 1.29 is 0 Å². The van der Waals surface area contributed by atoms with Crippen LogP contribution in [0.1, 0.15) is 49.3 Å². The van der Waals surface area contributed by atoms with Crippen LogP contribution in [0.25, 0.3) is 10.8 Å². The Kier molecular flexibility index (Phi) is 3.56. The van der Waals surface area contributed by atoms with Crippen LogP contribution < -0.4 is 5.73 Å². The van der Waals surface area contributed by atoms with Gasteiger partial charge in [0.05, 0.1) is 0 Å². The van der Waals surface area contributed by atoms with Crippen LogP contribution in [0.3, 0.4) is 0 Å². The Bertz CT molecular complexity index is 567. The minimum Gasteiger partial charge on any atom is -0.324 e. The topological polar surface area (TPSA) is 26.0 Å². The first-order chi connectivity index (χ1) is 9.25. The fourth-order valence-corrected chi connectivity index (χ4v) is 3.62. The van der Waals surface area contributed by atoms with Gasteiger partial charge in [0.2, 0.25) is 0 Å². The molecule has 0 amide bonds. The van der Waals surface area contributed by atoms with Crippen LogP contribution >= 0.6 is 0 Å². The van der Waals surface area contributed by atoms with Gasteiger partial charge in [0.25, 0.3) is 0 Å². The van der Waals surface area contributed by atoms with Crippen molar-refractivity contribution in [3.8, 4) is 0 Å². The maximum absolute atomic E-state index is 6.54.